The van der Waals surface area contributed by atoms with Crippen LogP contribution in [0.5, 0.6) is 0 Å². The van der Waals surface area contributed by atoms with Gasteiger partial charge in [0, 0.05) is 18.2 Å². The fourth-order valence-electron chi connectivity index (χ4n) is 3.82. The Morgan fingerprint density at radius 2 is 1.85 bits per heavy atom. The van der Waals surface area contributed by atoms with Gasteiger partial charge in [0.15, 0.2) is 0 Å². The molecule has 1 rings (SSSR count). The quantitative estimate of drug-likeness (QED) is 0.204. The number of unbranched alkanes of at least 4 members (excludes halogenated alkanes) is 1. The maximum absolute atomic E-state index is 10.5. The highest BCUT2D eigenvalue weighted by Crippen LogP contribution is 2.47. The molecule has 0 saturated heterocycles. The van der Waals surface area contributed by atoms with Crippen LogP contribution < -0.4 is 0 Å². The lowest BCUT2D eigenvalue weighted by Gasteiger charge is -2.45. The van der Waals surface area contributed by atoms with E-state index in [4.69, 9.17) is 16.7 Å². The molecule has 27 heavy (non-hydrogen) atoms. The summed E-state index contributed by atoms with van der Waals surface area (Å²) < 4.78 is 0. The molecule has 0 amide bonds. The highest BCUT2D eigenvalue weighted by Gasteiger charge is 2.40. The third-order valence-corrected chi connectivity index (χ3v) is 6.22. The minimum atomic E-state index is -0.758. The van der Waals surface area contributed by atoms with E-state index < -0.39 is 12.1 Å². The highest BCUT2D eigenvalue weighted by molar-refractivity contribution is 6.17. The summed E-state index contributed by atoms with van der Waals surface area (Å²) in [5.74, 6) is -0.303. The Labute approximate surface area is 169 Å². The largest absolute Gasteiger partial charge is 0.481 e. The molecule has 0 bridgehead atoms. The first-order chi connectivity index (χ1) is 12.9. The van der Waals surface area contributed by atoms with Crippen molar-refractivity contribution < 1.29 is 20.1 Å². The van der Waals surface area contributed by atoms with Crippen LogP contribution in [0.25, 0.3) is 0 Å². The molecule has 1 fully saturated rings. The number of aliphatic hydroxyl groups is 2. The topological polar surface area (TPSA) is 77.8 Å². The zero-order valence-corrected chi connectivity index (χ0v) is 17.4. The summed E-state index contributed by atoms with van der Waals surface area (Å²) in [6, 6.07) is 0. The predicted octanol–water partition coefficient (Wildman–Crippen LogP) is 5.07. The van der Waals surface area contributed by atoms with Crippen molar-refractivity contribution in [3.63, 3.8) is 0 Å². The number of carboxylic acid groups (broad SMARTS) is 1. The molecule has 3 atom stereocenters. The van der Waals surface area contributed by atoms with Crippen LogP contribution in [0.3, 0.4) is 0 Å². The molecule has 0 unspecified atom stereocenters. The van der Waals surface area contributed by atoms with E-state index in [1.165, 1.54) is 6.42 Å². The number of carboxylic acids is 1. The molecule has 1 saturated carbocycles. The summed E-state index contributed by atoms with van der Waals surface area (Å²) in [7, 11) is 0. The Bertz CT molecular complexity index is 465. The number of aliphatic carboxylic acids is 1. The number of alkyl halides is 1. The van der Waals surface area contributed by atoms with Crippen LogP contribution in [0.1, 0.15) is 77.6 Å². The number of rotatable bonds is 15. The molecule has 4 nitrogen and oxygen atoms in total. The van der Waals surface area contributed by atoms with Crippen molar-refractivity contribution in [2.75, 3.05) is 5.88 Å². The van der Waals surface area contributed by atoms with E-state index in [0.717, 1.165) is 38.5 Å². The Morgan fingerprint density at radius 1 is 1.15 bits per heavy atom. The predicted molar refractivity (Wildman–Crippen MR) is 111 cm³/mol. The summed E-state index contributed by atoms with van der Waals surface area (Å²) in [6.45, 7) is 2.15. The molecule has 0 radical (unpaired) electrons. The van der Waals surface area contributed by atoms with E-state index >= 15 is 0 Å². The molecule has 5 heteroatoms. The van der Waals surface area contributed by atoms with E-state index in [0.29, 0.717) is 25.1 Å². The number of aliphatic hydroxyl groups excluding tert-OH is 2. The second kappa shape index (κ2) is 13.4. The van der Waals surface area contributed by atoms with Gasteiger partial charge in [-0.3, -0.25) is 4.79 Å². The molecule has 0 spiro atoms. The first kappa shape index (κ1) is 24.2. The molecular formula is C22H37ClO4. The molecule has 1 aliphatic rings. The molecule has 1 aliphatic carbocycles. The maximum Gasteiger partial charge on any atom is 0.303 e. The highest BCUT2D eigenvalue weighted by atomic mass is 35.5. The zero-order chi connectivity index (χ0) is 20.1. The van der Waals surface area contributed by atoms with Crippen molar-refractivity contribution >= 4 is 17.6 Å². The standard InChI is InChI=1S/C22H37ClO4/c1-2-22(15-9-16-22)20(25)12-8-11-18(19(24)14-17-23)10-6-4-3-5-7-13-21(26)27/h3-4,8,11,18-20,24-25H,2,5-7,9-10,12-17H2,1H3,(H,26,27)/b4-3-,11-8+/t18-,19-,20+/m1/s1. The van der Waals surface area contributed by atoms with Gasteiger partial charge in [-0.25, -0.2) is 0 Å². The van der Waals surface area contributed by atoms with Gasteiger partial charge in [0.2, 0.25) is 0 Å². The molecule has 0 aromatic rings. The number of hydrogen-bond acceptors (Lipinski definition) is 3. The lowest BCUT2D eigenvalue weighted by atomic mass is 9.63. The van der Waals surface area contributed by atoms with Gasteiger partial charge in [-0.1, -0.05) is 37.6 Å². The van der Waals surface area contributed by atoms with Crippen molar-refractivity contribution in [3.05, 3.63) is 24.3 Å². The molecule has 0 aromatic heterocycles. The minimum Gasteiger partial charge on any atom is -0.481 e. The average molecular weight is 401 g/mol. The van der Waals surface area contributed by atoms with Gasteiger partial charge in [-0.05, 0) is 63.2 Å². The SMILES string of the molecule is CCC1([C@@H](O)C/C=C/[C@@H](CC/C=C\CCCC(=O)O)[C@H](O)CCCl)CCC1. The third kappa shape index (κ3) is 8.80. The van der Waals surface area contributed by atoms with E-state index in [9.17, 15) is 15.0 Å². The van der Waals surface area contributed by atoms with Crippen LogP contribution in [0, 0.1) is 11.3 Å². The normalized spacial score (nSPS) is 19.9. The van der Waals surface area contributed by atoms with Gasteiger partial charge < -0.3 is 15.3 Å². The number of carbonyl (C=O) groups is 1. The smallest absolute Gasteiger partial charge is 0.303 e. The lowest BCUT2D eigenvalue weighted by molar-refractivity contribution is -0.137. The molecule has 0 aromatic carbocycles. The van der Waals surface area contributed by atoms with Gasteiger partial charge in [0.25, 0.3) is 0 Å². The van der Waals surface area contributed by atoms with Crippen LogP contribution in [0.2, 0.25) is 0 Å². The third-order valence-electron chi connectivity index (χ3n) is 6.00. The monoisotopic (exact) mass is 400 g/mol. The molecule has 0 aliphatic heterocycles. The lowest BCUT2D eigenvalue weighted by Crippen LogP contribution is -2.40. The van der Waals surface area contributed by atoms with Crippen molar-refractivity contribution in [2.45, 2.75) is 89.8 Å². The molecule has 3 N–H and O–H groups in total. The van der Waals surface area contributed by atoms with Gasteiger partial charge in [0.05, 0.1) is 12.2 Å². The summed E-state index contributed by atoms with van der Waals surface area (Å²) in [5, 5.41) is 29.5. The van der Waals surface area contributed by atoms with E-state index in [-0.39, 0.29) is 23.9 Å². The molecular weight excluding hydrogens is 364 g/mol. The Morgan fingerprint density at radius 3 is 2.41 bits per heavy atom. The Hall–Kier alpha value is -0.840. The number of halogens is 1. The Kier molecular flexibility index (Phi) is 12.0. The average Bonchev–Trinajstić information content (AvgIpc) is 2.58. The fraction of sp³-hybridized carbons (Fsp3) is 0.773. The van der Waals surface area contributed by atoms with Gasteiger partial charge >= 0.3 is 5.97 Å². The van der Waals surface area contributed by atoms with Crippen molar-refractivity contribution in [3.8, 4) is 0 Å². The van der Waals surface area contributed by atoms with Crippen molar-refractivity contribution in [1.82, 2.24) is 0 Å². The van der Waals surface area contributed by atoms with Crippen LogP contribution in [0.15, 0.2) is 24.3 Å². The maximum atomic E-state index is 10.5. The minimum absolute atomic E-state index is 0.0265. The zero-order valence-electron chi connectivity index (χ0n) is 16.7. The first-order valence-electron chi connectivity index (χ1n) is 10.4. The summed E-state index contributed by atoms with van der Waals surface area (Å²) >= 11 is 5.79. The van der Waals surface area contributed by atoms with Crippen LogP contribution in [0.4, 0.5) is 0 Å². The first-order valence-corrected chi connectivity index (χ1v) is 10.9. The van der Waals surface area contributed by atoms with Gasteiger partial charge in [-0.15, -0.1) is 11.6 Å². The second-order valence-corrected chi connectivity index (χ2v) is 8.17. The fourth-order valence-corrected chi connectivity index (χ4v) is 4.05. The van der Waals surface area contributed by atoms with Gasteiger partial charge in [0.1, 0.15) is 0 Å². The molecule has 0 heterocycles. The van der Waals surface area contributed by atoms with Crippen molar-refractivity contribution in [1.29, 1.82) is 0 Å². The Balaban J connectivity index is 2.44. The number of allylic oxidation sites excluding steroid dienone is 2. The van der Waals surface area contributed by atoms with Gasteiger partial charge in [-0.2, -0.15) is 0 Å². The summed E-state index contributed by atoms with van der Waals surface area (Å²) in [4.78, 5) is 10.5. The van der Waals surface area contributed by atoms with Crippen LogP contribution in [-0.4, -0.2) is 39.4 Å². The summed E-state index contributed by atoms with van der Waals surface area (Å²) in [5.41, 5.74) is 0.104. The van der Waals surface area contributed by atoms with Crippen LogP contribution >= 0.6 is 11.6 Å². The molecule has 156 valence electrons. The van der Waals surface area contributed by atoms with E-state index in [1.54, 1.807) is 0 Å². The van der Waals surface area contributed by atoms with Crippen molar-refractivity contribution in [2.24, 2.45) is 11.3 Å². The summed E-state index contributed by atoms with van der Waals surface area (Å²) in [6.07, 6.45) is 16.3. The van der Waals surface area contributed by atoms with Crippen LogP contribution in [-0.2, 0) is 4.79 Å². The van der Waals surface area contributed by atoms with E-state index in [2.05, 4.69) is 13.0 Å². The van der Waals surface area contributed by atoms with E-state index in [1.807, 2.05) is 18.2 Å². The second-order valence-electron chi connectivity index (χ2n) is 7.79. The number of hydrogen-bond donors (Lipinski definition) is 3.